The smallest absolute Gasteiger partial charge is 0.341 e. The number of nitrogens with one attached hydrogen (secondary N) is 1. The van der Waals surface area contributed by atoms with Crippen LogP contribution in [-0.2, 0) is 9.53 Å². The zero-order valence-corrected chi connectivity index (χ0v) is 21.0. The van der Waals surface area contributed by atoms with E-state index in [-0.39, 0.29) is 28.3 Å². The van der Waals surface area contributed by atoms with Crippen molar-refractivity contribution in [2.24, 2.45) is 0 Å². The maximum Gasteiger partial charge on any atom is 0.341 e. The molecule has 0 unspecified atom stereocenters. The zero-order chi connectivity index (χ0) is 26.0. The molecule has 0 saturated carbocycles. The highest BCUT2D eigenvalue weighted by Gasteiger charge is 2.36. The summed E-state index contributed by atoms with van der Waals surface area (Å²) in [7, 11) is 3.04. The van der Waals surface area contributed by atoms with E-state index < -0.39 is 30.2 Å². The fraction of sp³-hybridized carbons (Fsp3) is 0.231. The normalized spacial score (nSPS) is 12.4. The van der Waals surface area contributed by atoms with E-state index in [0.717, 1.165) is 9.78 Å². The lowest BCUT2D eigenvalue weighted by molar-refractivity contribution is -0.116. The highest BCUT2D eigenvalue weighted by atomic mass is 32.1. The van der Waals surface area contributed by atoms with Crippen molar-refractivity contribution in [2.75, 3.05) is 32.7 Å². The molecular formula is C26H24N2O7S. The van der Waals surface area contributed by atoms with Crippen LogP contribution in [0.4, 0.5) is 5.00 Å². The van der Waals surface area contributed by atoms with Gasteiger partial charge >= 0.3 is 5.97 Å². The van der Waals surface area contributed by atoms with Crippen molar-refractivity contribution in [1.29, 1.82) is 0 Å². The third-order valence-electron chi connectivity index (χ3n) is 5.67. The molecule has 0 fully saturated rings. The van der Waals surface area contributed by atoms with Crippen molar-refractivity contribution in [3.63, 3.8) is 0 Å². The van der Waals surface area contributed by atoms with Gasteiger partial charge in [0, 0.05) is 10.4 Å². The Morgan fingerprint density at radius 2 is 1.61 bits per heavy atom. The quantitative estimate of drug-likeness (QED) is 0.359. The molecule has 186 valence electrons. The van der Waals surface area contributed by atoms with Gasteiger partial charge in [-0.3, -0.25) is 19.3 Å². The van der Waals surface area contributed by atoms with Crippen LogP contribution in [0.5, 0.6) is 11.5 Å². The lowest BCUT2D eigenvalue weighted by Gasteiger charge is -2.14. The van der Waals surface area contributed by atoms with Gasteiger partial charge in [0.25, 0.3) is 11.8 Å². The molecule has 0 aliphatic carbocycles. The summed E-state index contributed by atoms with van der Waals surface area (Å²) in [4.78, 5) is 52.9. The number of esters is 1. The molecule has 0 spiro atoms. The Morgan fingerprint density at radius 3 is 2.19 bits per heavy atom. The molecule has 0 radical (unpaired) electrons. The van der Waals surface area contributed by atoms with Crippen molar-refractivity contribution in [3.05, 3.63) is 64.0 Å². The molecule has 0 saturated heterocycles. The second-order valence-corrected chi connectivity index (χ2v) is 9.04. The van der Waals surface area contributed by atoms with Gasteiger partial charge in [-0.15, -0.1) is 11.3 Å². The Kier molecular flexibility index (Phi) is 7.07. The van der Waals surface area contributed by atoms with Crippen LogP contribution in [0.3, 0.4) is 0 Å². The summed E-state index contributed by atoms with van der Waals surface area (Å²) in [5.41, 5.74) is 1.94. The maximum absolute atomic E-state index is 13.0. The second-order valence-electron chi connectivity index (χ2n) is 7.82. The molecule has 10 heteroatoms. The molecule has 1 aliphatic heterocycles. The molecule has 3 amide bonds. The number of carbonyl (C=O) groups is 4. The average molecular weight is 509 g/mol. The summed E-state index contributed by atoms with van der Waals surface area (Å²) in [5.74, 6) is -1.29. The minimum atomic E-state index is -0.616. The number of aryl methyl sites for hydroxylation is 1. The van der Waals surface area contributed by atoms with Crippen LogP contribution in [0.25, 0.3) is 11.1 Å². The first kappa shape index (κ1) is 24.9. The Balaban J connectivity index is 1.66. The van der Waals surface area contributed by atoms with E-state index in [1.54, 1.807) is 49.4 Å². The lowest BCUT2D eigenvalue weighted by Crippen LogP contribution is -2.37. The van der Waals surface area contributed by atoms with Crippen molar-refractivity contribution < 1.29 is 33.4 Å². The molecule has 2 aromatic carbocycles. The topological polar surface area (TPSA) is 111 Å². The van der Waals surface area contributed by atoms with Crippen molar-refractivity contribution in [3.8, 4) is 22.6 Å². The molecule has 36 heavy (non-hydrogen) atoms. The number of ether oxygens (including phenoxy) is 3. The number of imide groups is 1. The van der Waals surface area contributed by atoms with E-state index in [2.05, 4.69) is 5.32 Å². The Bertz CT molecular complexity index is 1340. The number of methoxy groups -OCH3 is 2. The number of amides is 3. The highest BCUT2D eigenvalue weighted by molar-refractivity contribution is 7.17. The average Bonchev–Trinajstić information content (AvgIpc) is 3.32. The van der Waals surface area contributed by atoms with Crippen LogP contribution < -0.4 is 14.8 Å². The zero-order valence-electron chi connectivity index (χ0n) is 20.2. The first-order valence-corrected chi connectivity index (χ1v) is 11.9. The van der Waals surface area contributed by atoms with Gasteiger partial charge in [-0.25, -0.2) is 4.79 Å². The predicted octanol–water partition coefficient (Wildman–Crippen LogP) is 4.15. The number of fused-ring (bicyclic) bond motifs is 1. The number of hydrogen-bond donors (Lipinski definition) is 1. The fourth-order valence-corrected chi connectivity index (χ4v) is 5.14. The predicted molar refractivity (Wildman–Crippen MR) is 134 cm³/mol. The van der Waals surface area contributed by atoms with Crippen LogP contribution in [0.1, 0.15) is 42.9 Å². The molecule has 0 bridgehead atoms. The summed E-state index contributed by atoms with van der Waals surface area (Å²) in [5, 5.41) is 2.96. The monoisotopic (exact) mass is 508 g/mol. The van der Waals surface area contributed by atoms with Gasteiger partial charge in [0.1, 0.15) is 17.1 Å². The maximum atomic E-state index is 13.0. The largest absolute Gasteiger partial charge is 0.493 e. The second kappa shape index (κ2) is 10.2. The number of hydrogen-bond acceptors (Lipinski definition) is 8. The van der Waals surface area contributed by atoms with Crippen LogP contribution in [-0.4, -0.2) is 56.0 Å². The van der Waals surface area contributed by atoms with E-state index >= 15 is 0 Å². The minimum Gasteiger partial charge on any atom is -0.493 e. The van der Waals surface area contributed by atoms with Gasteiger partial charge in [-0.05, 0) is 43.7 Å². The number of carbonyl (C=O) groups excluding carboxylic acids is 4. The molecule has 1 aromatic heterocycles. The van der Waals surface area contributed by atoms with Crippen LogP contribution in [0.2, 0.25) is 0 Å². The molecule has 9 nitrogen and oxygen atoms in total. The number of anilines is 1. The molecule has 1 N–H and O–H groups in total. The summed E-state index contributed by atoms with van der Waals surface area (Å²) in [6.45, 7) is 3.16. The number of rotatable bonds is 8. The van der Waals surface area contributed by atoms with Crippen LogP contribution in [0, 0.1) is 6.92 Å². The SMILES string of the molecule is CCOC(=O)c1c(NC(=O)CN2C(=O)c3ccccc3C2=O)sc(C)c1-c1ccc(OC)c(OC)c1. The Labute approximate surface area is 211 Å². The fourth-order valence-electron chi connectivity index (χ4n) is 4.06. The molecule has 4 rings (SSSR count). The van der Waals surface area contributed by atoms with E-state index in [0.29, 0.717) is 22.6 Å². The van der Waals surface area contributed by atoms with Crippen molar-refractivity contribution in [1.82, 2.24) is 4.90 Å². The van der Waals surface area contributed by atoms with Gasteiger partial charge in [0.2, 0.25) is 5.91 Å². The van der Waals surface area contributed by atoms with E-state index in [1.807, 2.05) is 6.92 Å². The molecule has 2 heterocycles. The summed E-state index contributed by atoms with van der Waals surface area (Å²) >= 11 is 1.20. The van der Waals surface area contributed by atoms with Crippen LogP contribution in [0.15, 0.2) is 42.5 Å². The Hall–Kier alpha value is -4.18. The van der Waals surface area contributed by atoms with E-state index in [9.17, 15) is 19.2 Å². The van der Waals surface area contributed by atoms with E-state index in [1.165, 1.54) is 25.6 Å². The number of nitrogens with zero attached hydrogens (tertiary/aromatic N) is 1. The summed E-state index contributed by atoms with van der Waals surface area (Å²) < 4.78 is 16.0. The lowest BCUT2D eigenvalue weighted by atomic mass is 10.0. The third-order valence-corrected chi connectivity index (χ3v) is 6.69. The van der Waals surface area contributed by atoms with Crippen molar-refractivity contribution in [2.45, 2.75) is 13.8 Å². The van der Waals surface area contributed by atoms with Crippen LogP contribution >= 0.6 is 11.3 Å². The summed E-state index contributed by atoms with van der Waals surface area (Å²) in [6, 6.07) is 11.6. The summed E-state index contributed by atoms with van der Waals surface area (Å²) in [6.07, 6.45) is 0. The van der Waals surface area contributed by atoms with Crippen molar-refractivity contribution >= 4 is 40.0 Å². The number of thiophene rings is 1. The van der Waals surface area contributed by atoms with Gasteiger partial charge in [0.05, 0.1) is 32.0 Å². The molecular weight excluding hydrogens is 484 g/mol. The molecule has 1 aliphatic rings. The minimum absolute atomic E-state index is 0.140. The number of benzene rings is 2. The third kappa shape index (κ3) is 4.42. The van der Waals surface area contributed by atoms with Gasteiger partial charge in [-0.2, -0.15) is 0 Å². The first-order chi connectivity index (χ1) is 17.3. The Morgan fingerprint density at radius 1 is 0.972 bits per heavy atom. The molecule has 3 aromatic rings. The first-order valence-electron chi connectivity index (χ1n) is 11.1. The van der Waals surface area contributed by atoms with Gasteiger partial charge < -0.3 is 19.5 Å². The highest BCUT2D eigenvalue weighted by Crippen LogP contribution is 2.43. The van der Waals surface area contributed by atoms with Gasteiger partial charge in [-0.1, -0.05) is 18.2 Å². The van der Waals surface area contributed by atoms with E-state index in [4.69, 9.17) is 14.2 Å². The van der Waals surface area contributed by atoms with Gasteiger partial charge in [0.15, 0.2) is 11.5 Å². The standard InChI is InChI=1S/C26H24N2O7S/c1-5-35-26(32)22-21(15-10-11-18(33-3)19(12-15)34-4)14(2)36-23(22)27-20(29)13-28-24(30)16-8-6-7-9-17(16)25(28)31/h6-12H,5,13H2,1-4H3,(H,27,29). The molecule has 0 atom stereocenters.